The summed E-state index contributed by atoms with van der Waals surface area (Å²) in [6, 6.07) is 9.95. The zero-order chi connectivity index (χ0) is 24.8. The van der Waals surface area contributed by atoms with E-state index < -0.39 is 0 Å². The lowest BCUT2D eigenvalue weighted by Gasteiger charge is -2.57. The van der Waals surface area contributed by atoms with E-state index in [0.29, 0.717) is 44.1 Å². The van der Waals surface area contributed by atoms with Crippen LogP contribution in [0.3, 0.4) is 0 Å². The molecule has 192 valence electrons. The quantitative estimate of drug-likeness (QED) is 0.520. The number of amides is 3. The highest BCUT2D eigenvalue weighted by Gasteiger charge is 2.51. The number of fused-ring (bicyclic) bond motifs is 1. The lowest BCUT2D eigenvalue weighted by atomic mass is 9.49. The molecule has 3 amide bonds. The average molecular weight is 483 g/mol. The SMILES string of the molecule is CCNC(=O)N(CCN1CCN(C(=O)COCc2ccccc2)CC1)CC1=CCC2CC1C2(C)C. The Labute approximate surface area is 210 Å². The molecule has 1 heterocycles. The molecule has 0 radical (unpaired) electrons. The molecule has 1 saturated carbocycles. The summed E-state index contributed by atoms with van der Waals surface area (Å²) in [4.78, 5) is 31.6. The topological polar surface area (TPSA) is 65.1 Å². The van der Waals surface area contributed by atoms with Gasteiger partial charge in [0.15, 0.2) is 0 Å². The molecule has 4 aliphatic rings. The van der Waals surface area contributed by atoms with Crippen LogP contribution in [0, 0.1) is 17.3 Å². The number of nitrogens with one attached hydrogen (secondary N) is 1. The van der Waals surface area contributed by atoms with E-state index in [2.05, 4.69) is 30.1 Å². The van der Waals surface area contributed by atoms with E-state index in [9.17, 15) is 9.59 Å². The van der Waals surface area contributed by atoms with Crippen LogP contribution in [0.15, 0.2) is 42.0 Å². The molecule has 1 aliphatic heterocycles. The van der Waals surface area contributed by atoms with E-state index in [-0.39, 0.29) is 18.5 Å². The van der Waals surface area contributed by atoms with Crippen molar-refractivity contribution in [3.63, 3.8) is 0 Å². The molecule has 1 aromatic rings. The highest BCUT2D eigenvalue weighted by molar-refractivity contribution is 5.77. The average Bonchev–Trinajstić information content (AvgIpc) is 2.87. The van der Waals surface area contributed by atoms with Crippen molar-refractivity contribution < 1.29 is 14.3 Å². The number of hydrogen-bond donors (Lipinski definition) is 1. The molecule has 7 heteroatoms. The Bertz CT molecular complexity index is 893. The fourth-order valence-electron chi connectivity index (χ4n) is 5.80. The number of ether oxygens (including phenoxy) is 1. The second-order valence-electron chi connectivity index (χ2n) is 10.8. The standard InChI is InChI=1S/C28H42N4O3/c1-4-29-27(34)32(19-23-10-11-24-18-25(23)28(24,2)3)17-14-30-12-15-31(16-13-30)26(33)21-35-20-22-8-6-5-7-9-22/h5-10,24-25H,4,11-21H2,1-3H3,(H,29,34). The van der Waals surface area contributed by atoms with Gasteiger partial charge in [-0.1, -0.05) is 55.8 Å². The Morgan fingerprint density at radius 1 is 1.14 bits per heavy atom. The van der Waals surface area contributed by atoms with Gasteiger partial charge in [-0.2, -0.15) is 0 Å². The second kappa shape index (κ2) is 11.6. The molecule has 0 spiro atoms. The van der Waals surface area contributed by atoms with Crippen LogP contribution in [0.5, 0.6) is 0 Å². The van der Waals surface area contributed by atoms with Gasteiger partial charge in [0.1, 0.15) is 6.61 Å². The predicted molar refractivity (Wildman–Crippen MR) is 138 cm³/mol. The fraction of sp³-hybridized carbons (Fsp3) is 0.643. The smallest absolute Gasteiger partial charge is 0.317 e. The van der Waals surface area contributed by atoms with E-state index >= 15 is 0 Å². The van der Waals surface area contributed by atoms with Crippen LogP contribution >= 0.6 is 0 Å². The van der Waals surface area contributed by atoms with E-state index in [0.717, 1.165) is 44.1 Å². The van der Waals surface area contributed by atoms with E-state index in [1.54, 1.807) is 0 Å². The van der Waals surface area contributed by atoms with Crippen molar-refractivity contribution in [1.82, 2.24) is 20.0 Å². The van der Waals surface area contributed by atoms with Crippen molar-refractivity contribution in [3.05, 3.63) is 47.5 Å². The number of allylic oxidation sites excluding steroid dienone is 1. The van der Waals surface area contributed by atoms with Crippen LogP contribution in [-0.4, -0.2) is 85.6 Å². The lowest BCUT2D eigenvalue weighted by Crippen LogP contribution is -2.53. The molecule has 0 aromatic heterocycles. The first-order valence-corrected chi connectivity index (χ1v) is 13.2. The van der Waals surface area contributed by atoms with E-state index in [4.69, 9.17) is 4.74 Å². The molecule has 5 rings (SSSR count). The zero-order valence-corrected chi connectivity index (χ0v) is 21.7. The van der Waals surface area contributed by atoms with Gasteiger partial charge in [-0.05, 0) is 42.6 Å². The van der Waals surface area contributed by atoms with Gasteiger partial charge in [-0.15, -0.1) is 0 Å². The Balaban J connectivity index is 1.21. The maximum atomic E-state index is 12.8. The molecular formula is C28H42N4O3. The maximum Gasteiger partial charge on any atom is 0.317 e. The molecule has 2 fully saturated rings. The fourth-order valence-corrected chi connectivity index (χ4v) is 5.80. The maximum absolute atomic E-state index is 12.8. The molecular weight excluding hydrogens is 440 g/mol. The Morgan fingerprint density at radius 3 is 2.54 bits per heavy atom. The van der Waals surface area contributed by atoms with Gasteiger partial charge in [0, 0.05) is 52.4 Å². The number of hydrogen-bond acceptors (Lipinski definition) is 4. The second-order valence-corrected chi connectivity index (χ2v) is 10.8. The Morgan fingerprint density at radius 2 is 1.89 bits per heavy atom. The summed E-state index contributed by atoms with van der Waals surface area (Å²) in [5.74, 6) is 1.46. The van der Waals surface area contributed by atoms with Crippen LogP contribution in [0.4, 0.5) is 4.79 Å². The third-order valence-electron chi connectivity index (χ3n) is 8.32. The van der Waals surface area contributed by atoms with Gasteiger partial charge >= 0.3 is 6.03 Å². The van der Waals surface area contributed by atoms with Crippen LogP contribution < -0.4 is 5.32 Å². The minimum Gasteiger partial charge on any atom is -0.367 e. The van der Waals surface area contributed by atoms with Gasteiger partial charge in [0.2, 0.25) is 5.91 Å². The Kier molecular flexibility index (Phi) is 8.50. The number of rotatable bonds is 10. The molecule has 1 saturated heterocycles. The van der Waals surface area contributed by atoms with Crippen molar-refractivity contribution in [2.45, 2.75) is 40.2 Å². The summed E-state index contributed by atoms with van der Waals surface area (Å²) in [5.41, 5.74) is 2.88. The predicted octanol–water partition coefficient (Wildman–Crippen LogP) is 3.37. The van der Waals surface area contributed by atoms with Gasteiger partial charge < -0.3 is 19.9 Å². The Hall–Kier alpha value is -2.38. The summed E-state index contributed by atoms with van der Waals surface area (Å²) < 4.78 is 5.63. The molecule has 2 unspecified atom stereocenters. The van der Waals surface area contributed by atoms with Gasteiger partial charge in [-0.25, -0.2) is 4.79 Å². The lowest BCUT2D eigenvalue weighted by molar-refractivity contribution is -0.138. The van der Waals surface area contributed by atoms with Crippen molar-refractivity contribution >= 4 is 11.9 Å². The summed E-state index contributed by atoms with van der Waals surface area (Å²) in [6.45, 7) is 13.3. The summed E-state index contributed by atoms with van der Waals surface area (Å²) >= 11 is 0. The number of urea groups is 1. The van der Waals surface area contributed by atoms with E-state index in [1.165, 1.54) is 12.0 Å². The minimum atomic E-state index is 0.0250. The van der Waals surface area contributed by atoms with Crippen molar-refractivity contribution in [2.24, 2.45) is 17.3 Å². The first-order chi connectivity index (χ1) is 16.9. The van der Waals surface area contributed by atoms with Crippen molar-refractivity contribution in [3.8, 4) is 0 Å². The first-order valence-electron chi connectivity index (χ1n) is 13.2. The van der Waals surface area contributed by atoms with Crippen LogP contribution in [-0.2, 0) is 16.1 Å². The zero-order valence-electron chi connectivity index (χ0n) is 21.7. The monoisotopic (exact) mass is 482 g/mol. The van der Waals surface area contributed by atoms with Crippen LogP contribution in [0.2, 0.25) is 0 Å². The molecule has 7 nitrogen and oxygen atoms in total. The van der Waals surface area contributed by atoms with Crippen molar-refractivity contribution in [1.29, 1.82) is 0 Å². The number of nitrogens with zero attached hydrogens (tertiary/aromatic N) is 3. The van der Waals surface area contributed by atoms with Gasteiger partial charge in [0.05, 0.1) is 6.61 Å². The molecule has 2 atom stereocenters. The largest absolute Gasteiger partial charge is 0.367 e. The van der Waals surface area contributed by atoms with Gasteiger partial charge in [-0.3, -0.25) is 9.69 Å². The highest BCUT2D eigenvalue weighted by Crippen LogP contribution is 2.59. The minimum absolute atomic E-state index is 0.0250. The molecule has 3 aliphatic carbocycles. The highest BCUT2D eigenvalue weighted by atomic mass is 16.5. The number of piperazine rings is 1. The van der Waals surface area contributed by atoms with Crippen molar-refractivity contribution in [2.75, 3.05) is 59.0 Å². The normalized spacial score (nSPS) is 23.3. The number of carbonyl (C=O) groups is 2. The first kappa shape index (κ1) is 25.7. The molecule has 35 heavy (non-hydrogen) atoms. The van der Waals surface area contributed by atoms with Gasteiger partial charge in [0.25, 0.3) is 0 Å². The molecule has 2 bridgehead atoms. The third-order valence-corrected chi connectivity index (χ3v) is 8.32. The summed E-state index contributed by atoms with van der Waals surface area (Å²) in [5, 5.41) is 3.00. The summed E-state index contributed by atoms with van der Waals surface area (Å²) in [6.07, 6.45) is 4.81. The summed E-state index contributed by atoms with van der Waals surface area (Å²) in [7, 11) is 0. The molecule has 1 N–H and O–H groups in total. The van der Waals surface area contributed by atoms with Crippen LogP contribution in [0.25, 0.3) is 0 Å². The molecule has 1 aromatic carbocycles. The number of benzene rings is 1. The third kappa shape index (κ3) is 6.25. The van der Waals surface area contributed by atoms with Crippen LogP contribution in [0.1, 0.15) is 39.2 Å². The number of carbonyl (C=O) groups excluding carboxylic acids is 2. The van der Waals surface area contributed by atoms with E-state index in [1.807, 2.05) is 47.1 Å².